The summed E-state index contributed by atoms with van der Waals surface area (Å²) in [4.78, 5) is 13.2. The first-order valence-electron chi connectivity index (χ1n) is 13.7. The number of rotatable bonds is 13. The molecule has 0 aliphatic carbocycles. The van der Waals surface area contributed by atoms with Gasteiger partial charge in [-0.2, -0.15) is 13.2 Å². The summed E-state index contributed by atoms with van der Waals surface area (Å²) in [6.07, 6.45) is -4.65. The first kappa shape index (κ1) is 31.1. The molecule has 1 N–H and O–H groups in total. The molecule has 42 heavy (non-hydrogen) atoms. The van der Waals surface area contributed by atoms with Gasteiger partial charge in [-0.3, -0.25) is 9.69 Å². The van der Waals surface area contributed by atoms with Gasteiger partial charge in [0.1, 0.15) is 5.75 Å². The molecule has 0 aliphatic rings. The number of benzene rings is 4. The van der Waals surface area contributed by atoms with Crippen LogP contribution in [0.15, 0.2) is 103 Å². The van der Waals surface area contributed by atoms with Crippen molar-refractivity contribution >= 4 is 17.6 Å². The Morgan fingerprint density at radius 3 is 2.10 bits per heavy atom. The number of carboxylic acid groups (broad SMARTS) is 1. The normalized spacial score (nSPS) is 12.5. The number of nitrogens with zero attached hydrogens (tertiary/aromatic N) is 1. The molecule has 0 heterocycles. The van der Waals surface area contributed by atoms with Crippen molar-refractivity contribution in [3.63, 3.8) is 0 Å². The van der Waals surface area contributed by atoms with Crippen molar-refractivity contribution in [2.45, 2.75) is 32.0 Å². The van der Waals surface area contributed by atoms with Gasteiger partial charge in [0.15, 0.2) is 0 Å². The molecular weight excluding hydrogens is 563 g/mol. The van der Waals surface area contributed by atoms with E-state index >= 15 is 0 Å². The van der Waals surface area contributed by atoms with E-state index < -0.39 is 17.7 Å². The molecule has 0 spiro atoms. The fraction of sp³-hybridized carbons (Fsp3) is 0.265. The average Bonchev–Trinajstić information content (AvgIpc) is 2.96. The van der Waals surface area contributed by atoms with Crippen LogP contribution in [-0.4, -0.2) is 35.7 Å². The predicted molar refractivity (Wildman–Crippen MR) is 159 cm³/mol. The zero-order chi connectivity index (χ0) is 30.1. The van der Waals surface area contributed by atoms with Crippen LogP contribution in [0.2, 0.25) is 5.02 Å². The molecule has 4 nitrogen and oxygen atoms in total. The molecule has 0 aromatic heterocycles. The van der Waals surface area contributed by atoms with Crippen molar-refractivity contribution in [2.24, 2.45) is 5.92 Å². The van der Waals surface area contributed by atoms with Crippen LogP contribution in [0.1, 0.15) is 40.7 Å². The van der Waals surface area contributed by atoms with Crippen molar-refractivity contribution in [3.8, 4) is 5.75 Å². The molecule has 0 radical (unpaired) electrons. The first-order chi connectivity index (χ1) is 20.1. The van der Waals surface area contributed by atoms with Gasteiger partial charge in [0, 0.05) is 31.5 Å². The molecule has 0 amide bonds. The van der Waals surface area contributed by atoms with Gasteiger partial charge in [0.2, 0.25) is 0 Å². The first-order valence-corrected chi connectivity index (χ1v) is 14.1. The molecular formula is C34H33ClF3NO3. The summed E-state index contributed by atoms with van der Waals surface area (Å²) in [5, 5.41) is 8.81. The molecule has 4 rings (SSSR count). The van der Waals surface area contributed by atoms with E-state index in [2.05, 4.69) is 29.2 Å². The van der Waals surface area contributed by atoms with E-state index in [4.69, 9.17) is 21.4 Å². The van der Waals surface area contributed by atoms with Crippen molar-refractivity contribution in [2.75, 3.05) is 19.7 Å². The molecule has 0 saturated heterocycles. The zero-order valence-electron chi connectivity index (χ0n) is 23.2. The lowest BCUT2D eigenvalue weighted by Crippen LogP contribution is -2.34. The fourth-order valence-corrected chi connectivity index (χ4v) is 5.34. The lowest BCUT2D eigenvalue weighted by molar-refractivity contribution is -0.138. The highest BCUT2D eigenvalue weighted by Crippen LogP contribution is 2.37. The summed E-state index contributed by atoms with van der Waals surface area (Å²) in [6.45, 7) is 3.64. The highest BCUT2D eigenvalue weighted by molar-refractivity contribution is 6.32. The maximum atomic E-state index is 13.6. The van der Waals surface area contributed by atoms with E-state index in [0.29, 0.717) is 36.6 Å². The van der Waals surface area contributed by atoms with Crippen LogP contribution in [0, 0.1) is 5.92 Å². The van der Waals surface area contributed by atoms with Gasteiger partial charge in [-0.05, 0) is 40.5 Å². The minimum absolute atomic E-state index is 0.00935. The SMILES string of the molecule is CC(COc1cccc(CC(=O)O)c1)CN(Cc1cccc(C(F)(F)F)c1Cl)CC(c1ccccc1)c1ccccc1. The maximum Gasteiger partial charge on any atom is 0.417 e. The van der Waals surface area contributed by atoms with Gasteiger partial charge in [-0.15, -0.1) is 0 Å². The Morgan fingerprint density at radius 1 is 0.881 bits per heavy atom. The minimum Gasteiger partial charge on any atom is -0.493 e. The summed E-state index contributed by atoms with van der Waals surface area (Å²) in [7, 11) is 0. The molecule has 8 heteroatoms. The number of aliphatic carboxylic acids is 1. The second-order valence-corrected chi connectivity index (χ2v) is 10.9. The third-order valence-electron chi connectivity index (χ3n) is 6.98. The lowest BCUT2D eigenvalue weighted by Gasteiger charge is -2.31. The summed E-state index contributed by atoms with van der Waals surface area (Å²) in [6, 6.07) is 31.1. The van der Waals surface area contributed by atoms with Crippen molar-refractivity contribution in [3.05, 3.63) is 136 Å². The van der Waals surface area contributed by atoms with Gasteiger partial charge in [0.25, 0.3) is 0 Å². The summed E-state index contributed by atoms with van der Waals surface area (Å²) in [5.41, 5.74) is 2.40. The van der Waals surface area contributed by atoms with Gasteiger partial charge in [0.05, 0.1) is 23.6 Å². The van der Waals surface area contributed by atoms with Crippen LogP contribution in [0.3, 0.4) is 0 Å². The minimum atomic E-state index is -4.55. The Kier molecular flexibility index (Phi) is 10.7. The van der Waals surface area contributed by atoms with E-state index in [1.165, 1.54) is 6.07 Å². The van der Waals surface area contributed by atoms with Crippen LogP contribution in [-0.2, 0) is 23.9 Å². The van der Waals surface area contributed by atoms with Crippen LogP contribution in [0.5, 0.6) is 5.75 Å². The molecule has 1 unspecified atom stereocenters. The van der Waals surface area contributed by atoms with E-state index in [1.807, 2.05) is 43.3 Å². The summed E-state index contributed by atoms with van der Waals surface area (Å²) < 4.78 is 46.9. The maximum absolute atomic E-state index is 13.6. The molecule has 220 valence electrons. The molecule has 4 aromatic rings. The standard InChI is InChI=1S/C34H33ClF3NO3/c1-24(23-42-29-16-8-10-25(18-29)19-32(40)41)20-39(21-28-15-9-17-31(33(28)35)34(36,37)38)22-30(26-11-4-2-5-12-26)27-13-6-3-7-14-27/h2-18,24,30H,19-23H2,1H3,(H,40,41). The van der Waals surface area contributed by atoms with Crippen LogP contribution >= 0.6 is 11.6 Å². The quantitative estimate of drug-likeness (QED) is 0.169. The van der Waals surface area contributed by atoms with E-state index in [-0.39, 0.29) is 29.8 Å². The lowest BCUT2D eigenvalue weighted by atomic mass is 9.90. The Balaban J connectivity index is 1.58. The monoisotopic (exact) mass is 595 g/mol. The van der Waals surface area contributed by atoms with Gasteiger partial charge in [-0.1, -0.05) is 103 Å². The topological polar surface area (TPSA) is 49.8 Å². The second-order valence-electron chi connectivity index (χ2n) is 10.5. The molecule has 0 aliphatic heterocycles. The number of carboxylic acids is 1. The van der Waals surface area contributed by atoms with Crippen molar-refractivity contribution < 1.29 is 27.8 Å². The number of hydrogen-bond acceptors (Lipinski definition) is 3. The average molecular weight is 596 g/mol. The van der Waals surface area contributed by atoms with Crippen LogP contribution in [0.4, 0.5) is 13.2 Å². The molecule has 0 bridgehead atoms. The van der Waals surface area contributed by atoms with Crippen LogP contribution in [0.25, 0.3) is 0 Å². The Morgan fingerprint density at radius 2 is 1.50 bits per heavy atom. The molecule has 4 aromatic carbocycles. The third kappa shape index (κ3) is 8.84. The van der Waals surface area contributed by atoms with E-state index in [1.54, 1.807) is 30.3 Å². The largest absolute Gasteiger partial charge is 0.493 e. The van der Waals surface area contributed by atoms with Crippen LogP contribution < -0.4 is 4.74 Å². The Labute approximate surface area is 249 Å². The molecule has 0 saturated carbocycles. The number of carbonyl (C=O) groups is 1. The smallest absolute Gasteiger partial charge is 0.417 e. The van der Waals surface area contributed by atoms with E-state index in [0.717, 1.165) is 17.2 Å². The molecule has 1 atom stereocenters. The number of alkyl halides is 3. The van der Waals surface area contributed by atoms with E-state index in [9.17, 15) is 18.0 Å². The number of ether oxygens (including phenoxy) is 1. The fourth-order valence-electron chi connectivity index (χ4n) is 5.05. The summed E-state index contributed by atoms with van der Waals surface area (Å²) >= 11 is 6.32. The Hall–Kier alpha value is -3.81. The molecule has 0 fully saturated rings. The van der Waals surface area contributed by atoms with Crippen molar-refractivity contribution in [1.29, 1.82) is 0 Å². The third-order valence-corrected chi connectivity index (χ3v) is 7.43. The van der Waals surface area contributed by atoms with Crippen molar-refractivity contribution in [1.82, 2.24) is 4.90 Å². The highest BCUT2D eigenvalue weighted by Gasteiger charge is 2.34. The van der Waals surface area contributed by atoms with Gasteiger partial charge in [-0.25, -0.2) is 0 Å². The second kappa shape index (κ2) is 14.4. The zero-order valence-corrected chi connectivity index (χ0v) is 24.0. The van der Waals surface area contributed by atoms with Gasteiger partial charge < -0.3 is 9.84 Å². The summed E-state index contributed by atoms with van der Waals surface area (Å²) in [5.74, 6) is -0.391. The highest BCUT2D eigenvalue weighted by atomic mass is 35.5. The Bertz CT molecular complexity index is 1410. The predicted octanol–water partition coefficient (Wildman–Crippen LogP) is 8.34. The number of halogens is 4. The number of hydrogen-bond donors (Lipinski definition) is 1. The van der Waals surface area contributed by atoms with Gasteiger partial charge >= 0.3 is 12.1 Å².